The van der Waals surface area contributed by atoms with Gasteiger partial charge in [-0.1, -0.05) is 133 Å². The standard InChI is InChI=1S/C54H30N4S2/c1-2-13-32(14-3-1)50-41-24-22-31-12-4-5-15-34(31)51(41)56-54(55-50)58-45-20-10-6-16-35(45)39-26-27-40-43-29-42-36-17-7-9-19-44(36)57(46(42)30-49(43)60-53(40)52(39)58)33-23-25-38-37-18-8-11-21-47(37)59-48(38)28-33/h1-30H. The van der Waals surface area contributed by atoms with E-state index < -0.39 is 0 Å². The third kappa shape index (κ3) is 4.44. The van der Waals surface area contributed by atoms with Crippen molar-refractivity contribution >= 4 is 128 Å². The summed E-state index contributed by atoms with van der Waals surface area (Å²) in [6.07, 6.45) is 0. The summed E-state index contributed by atoms with van der Waals surface area (Å²) in [5, 5.41) is 13.4. The van der Waals surface area contributed by atoms with Gasteiger partial charge in [-0.05, 0) is 53.9 Å². The molecule has 0 amide bonds. The Kier molecular flexibility index (Phi) is 6.56. The lowest BCUT2D eigenvalue weighted by molar-refractivity contribution is 1.02. The summed E-state index contributed by atoms with van der Waals surface area (Å²) < 4.78 is 9.90. The minimum atomic E-state index is 0.674. The minimum absolute atomic E-state index is 0.674. The van der Waals surface area contributed by atoms with Gasteiger partial charge in [-0.2, -0.15) is 0 Å². The van der Waals surface area contributed by atoms with E-state index in [1.807, 2.05) is 22.7 Å². The molecular formula is C54H30N4S2. The van der Waals surface area contributed by atoms with Crippen molar-refractivity contribution in [2.45, 2.75) is 0 Å². The highest BCUT2D eigenvalue weighted by Gasteiger charge is 2.23. The number of hydrogen-bond donors (Lipinski definition) is 0. The number of nitrogens with zero attached hydrogens (tertiary/aromatic N) is 4. The lowest BCUT2D eigenvalue weighted by atomic mass is 10.0. The summed E-state index contributed by atoms with van der Waals surface area (Å²) in [5.41, 5.74) is 8.79. The van der Waals surface area contributed by atoms with E-state index in [0.29, 0.717) is 5.95 Å². The summed E-state index contributed by atoms with van der Waals surface area (Å²) in [4.78, 5) is 11.0. The van der Waals surface area contributed by atoms with Crippen molar-refractivity contribution in [3.63, 3.8) is 0 Å². The Morgan fingerprint density at radius 3 is 1.88 bits per heavy atom. The molecule has 14 aromatic rings. The Morgan fingerprint density at radius 2 is 1.02 bits per heavy atom. The van der Waals surface area contributed by atoms with Crippen LogP contribution in [0.3, 0.4) is 0 Å². The maximum absolute atomic E-state index is 5.50. The molecule has 0 aliphatic rings. The van der Waals surface area contributed by atoms with Crippen LogP contribution in [0.1, 0.15) is 0 Å². The third-order valence-corrected chi connectivity index (χ3v) is 14.8. The molecule has 5 heterocycles. The second-order valence-electron chi connectivity index (χ2n) is 15.7. The molecule has 0 spiro atoms. The topological polar surface area (TPSA) is 35.6 Å². The van der Waals surface area contributed by atoms with Crippen LogP contribution in [0.2, 0.25) is 0 Å². The largest absolute Gasteiger partial charge is 0.309 e. The van der Waals surface area contributed by atoms with Crippen molar-refractivity contribution in [3.05, 3.63) is 182 Å². The van der Waals surface area contributed by atoms with Crippen LogP contribution in [0.5, 0.6) is 0 Å². The lowest BCUT2D eigenvalue weighted by Gasteiger charge is -2.13. The molecule has 0 saturated carbocycles. The molecule has 0 bridgehead atoms. The molecule has 0 saturated heterocycles. The fourth-order valence-corrected chi connectivity index (χ4v) is 12.2. The van der Waals surface area contributed by atoms with Crippen molar-refractivity contribution in [1.82, 2.24) is 19.1 Å². The van der Waals surface area contributed by atoms with Crippen molar-refractivity contribution in [2.75, 3.05) is 0 Å². The zero-order chi connectivity index (χ0) is 39.1. The number of hydrogen-bond acceptors (Lipinski definition) is 4. The molecule has 0 N–H and O–H groups in total. The summed E-state index contributed by atoms with van der Waals surface area (Å²) in [6, 6.07) is 66.2. The van der Waals surface area contributed by atoms with Gasteiger partial charge in [0.15, 0.2) is 0 Å². The van der Waals surface area contributed by atoms with Gasteiger partial charge >= 0.3 is 0 Å². The Balaban J connectivity index is 1.07. The average Bonchev–Trinajstić information content (AvgIpc) is 4.05. The molecule has 0 unspecified atom stereocenters. The van der Waals surface area contributed by atoms with Gasteiger partial charge in [0.2, 0.25) is 5.95 Å². The minimum Gasteiger partial charge on any atom is -0.309 e. The summed E-state index contributed by atoms with van der Waals surface area (Å²) in [7, 11) is 0. The van der Waals surface area contributed by atoms with E-state index >= 15 is 0 Å². The van der Waals surface area contributed by atoms with Crippen molar-refractivity contribution in [3.8, 4) is 22.9 Å². The van der Waals surface area contributed by atoms with Crippen molar-refractivity contribution in [1.29, 1.82) is 0 Å². The summed E-state index contributed by atoms with van der Waals surface area (Å²) in [6.45, 7) is 0. The maximum atomic E-state index is 5.50. The highest BCUT2D eigenvalue weighted by Crippen LogP contribution is 2.46. The van der Waals surface area contributed by atoms with Crippen LogP contribution in [-0.2, 0) is 0 Å². The van der Waals surface area contributed by atoms with Crippen LogP contribution in [0, 0.1) is 0 Å². The number of aromatic nitrogens is 4. The molecular weight excluding hydrogens is 769 g/mol. The zero-order valence-corrected chi connectivity index (χ0v) is 33.6. The van der Waals surface area contributed by atoms with Gasteiger partial charge in [0, 0.05) is 79.2 Å². The van der Waals surface area contributed by atoms with Crippen LogP contribution >= 0.6 is 22.7 Å². The van der Waals surface area contributed by atoms with Gasteiger partial charge in [0.1, 0.15) is 0 Å². The normalized spacial score (nSPS) is 12.3. The molecule has 4 nitrogen and oxygen atoms in total. The van der Waals surface area contributed by atoms with E-state index in [1.165, 1.54) is 78.6 Å². The van der Waals surface area contributed by atoms with Crippen LogP contribution in [0.4, 0.5) is 0 Å². The van der Waals surface area contributed by atoms with Gasteiger partial charge in [0.25, 0.3) is 0 Å². The first-order chi connectivity index (χ1) is 29.7. The SMILES string of the molecule is c1ccc(-c2nc(-n3c4ccccc4c4ccc5c6cc7c8ccccc8n(-c8ccc9c(c8)sc8ccccc89)c7cc6sc5c43)nc3c2ccc2ccccc23)cc1. The van der Waals surface area contributed by atoms with Gasteiger partial charge < -0.3 is 4.57 Å². The van der Waals surface area contributed by atoms with E-state index in [2.05, 4.69) is 191 Å². The highest BCUT2D eigenvalue weighted by molar-refractivity contribution is 7.27. The van der Waals surface area contributed by atoms with Crippen molar-refractivity contribution < 1.29 is 0 Å². The predicted molar refractivity (Wildman–Crippen MR) is 257 cm³/mol. The number of para-hydroxylation sites is 2. The lowest BCUT2D eigenvalue weighted by Crippen LogP contribution is -2.04. The summed E-state index contributed by atoms with van der Waals surface area (Å²) in [5.74, 6) is 0.674. The van der Waals surface area contributed by atoms with Gasteiger partial charge in [-0.3, -0.25) is 4.57 Å². The first-order valence-corrected chi connectivity index (χ1v) is 21.9. The number of benzene rings is 9. The van der Waals surface area contributed by atoms with Crippen LogP contribution < -0.4 is 0 Å². The molecule has 0 aliphatic heterocycles. The smallest absolute Gasteiger partial charge is 0.235 e. The Labute approximate surface area is 350 Å². The Bertz CT molecular complexity index is 4130. The fourth-order valence-electron chi connectivity index (χ4n) is 9.85. The molecule has 278 valence electrons. The van der Waals surface area contributed by atoms with Crippen LogP contribution in [0.25, 0.3) is 129 Å². The molecule has 0 aliphatic carbocycles. The monoisotopic (exact) mass is 798 g/mol. The number of fused-ring (bicyclic) bond motifs is 16. The van der Waals surface area contributed by atoms with E-state index in [4.69, 9.17) is 9.97 Å². The fraction of sp³-hybridized carbons (Fsp3) is 0. The van der Waals surface area contributed by atoms with E-state index in [9.17, 15) is 0 Å². The first-order valence-electron chi connectivity index (χ1n) is 20.2. The molecule has 0 atom stereocenters. The highest BCUT2D eigenvalue weighted by atomic mass is 32.1. The second-order valence-corrected chi connectivity index (χ2v) is 17.8. The van der Waals surface area contributed by atoms with Gasteiger partial charge in [-0.25, -0.2) is 9.97 Å². The molecule has 6 heteroatoms. The van der Waals surface area contributed by atoms with E-state index in [-0.39, 0.29) is 0 Å². The quantitative estimate of drug-likeness (QED) is 0.167. The van der Waals surface area contributed by atoms with E-state index in [1.54, 1.807) is 0 Å². The van der Waals surface area contributed by atoms with E-state index in [0.717, 1.165) is 44.0 Å². The van der Waals surface area contributed by atoms with Crippen LogP contribution in [-0.4, -0.2) is 19.1 Å². The van der Waals surface area contributed by atoms with Gasteiger partial charge in [0.05, 0.1) is 38.0 Å². The Morgan fingerprint density at radius 1 is 0.367 bits per heavy atom. The molecule has 60 heavy (non-hydrogen) atoms. The predicted octanol–water partition coefficient (Wildman–Crippen LogP) is 15.4. The zero-order valence-electron chi connectivity index (χ0n) is 31.9. The van der Waals surface area contributed by atoms with Crippen LogP contribution in [0.15, 0.2) is 182 Å². The molecule has 0 fully saturated rings. The first kappa shape index (κ1) is 32.6. The molecule has 9 aromatic carbocycles. The number of rotatable bonds is 3. The second kappa shape index (κ2) is 12.1. The molecule has 14 rings (SSSR count). The Hall–Kier alpha value is -7.38. The molecule has 0 radical (unpaired) electrons. The van der Waals surface area contributed by atoms with Gasteiger partial charge in [-0.15, -0.1) is 22.7 Å². The molecule has 5 aromatic heterocycles. The summed E-state index contributed by atoms with van der Waals surface area (Å²) >= 11 is 3.74. The van der Waals surface area contributed by atoms with Crippen molar-refractivity contribution in [2.24, 2.45) is 0 Å². The third-order valence-electron chi connectivity index (χ3n) is 12.5. The maximum Gasteiger partial charge on any atom is 0.235 e. The average molecular weight is 799 g/mol. The number of thiophene rings is 2.